The topological polar surface area (TPSA) is 52.7 Å². The molecule has 1 saturated carbocycles. The van der Waals surface area contributed by atoms with E-state index in [0.29, 0.717) is 0 Å². The van der Waals surface area contributed by atoms with Crippen molar-refractivity contribution in [1.82, 2.24) is 19.8 Å². The highest BCUT2D eigenvalue weighted by Crippen LogP contribution is 2.28. The number of rotatable bonds is 2. The van der Waals surface area contributed by atoms with Gasteiger partial charge in [0, 0.05) is 6.20 Å². The molecule has 0 bridgehead atoms. The first-order valence-electron chi connectivity index (χ1n) is 4.49. The molecule has 1 fully saturated rings. The fourth-order valence-electron chi connectivity index (χ4n) is 1.36. The molecule has 0 amide bonds. The van der Waals surface area contributed by atoms with E-state index >= 15 is 0 Å². The van der Waals surface area contributed by atoms with Crippen LogP contribution in [0.15, 0.2) is 10.9 Å². The predicted octanol–water partition coefficient (Wildman–Crippen LogP) is 0.655. The van der Waals surface area contributed by atoms with Crippen molar-refractivity contribution in [1.29, 1.82) is 0 Å². The molecule has 0 radical (unpaired) electrons. The number of hydrogen-bond donors (Lipinski definition) is 0. The molecule has 0 N–H and O–H groups in total. The van der Waals surface area contributed by atoms with Gasteiger partial charge in [0.25, 0.3) is 0 Å². The van der Waals surface area contributed by atoms with Crippen molar-refractivity contribution in [3.05, 3.63) is 16.6 Å². The van der Waals surface area contributed by atoms with E-state index in [1.54, 1.807) is 12.3 Å². The summed E-state index contributed by atoms with van der Waals surface area (Å²) in [6, 6.07) is 0.284. The van der Waals surface area contributed by atoms with Crippen LogP contribution in [0.1, 0.15) is 32.2 Å². The van der Waals surface area contributed by atoms with Gasteiger partial charge in [-0.05, 0) is 36.6 Å². The zero-order valence-electron chi connectivity index (χ0n) is 7.55. The summed E-state index contributed by atoms with van der Waals surface area (Å²) < 4.78 is 2.74. The van der Waals surface area contributed by atoms with Crippen LogP contribution in [0.3, 0.4) is 0 Å². The second-order valence-corrected chi connectivity index (χ2v) is 3.22. The largest absolute Gasteiger partial charge is 0.368 e. The Morgan fingerprint density at radius 1 is 1.46 bits per heavy atom. The minimum Gasteiger partial charge on any atom is -0.244 e. The van der Waals surface area contributed by atoms with Gasteiger partial charge in [-0.25, -0.2) is 4.79 Å². The van der Waals surface area contributed by atoms with Crippen LogP contribution in [-0.4, -0.2) is 19.8 Å². The zero-order valence-corrected chi connectivity index (χ0v) is 7.55. The molecule has 1 aromatic heterocycles. The summed E-state index contributed by atoms with van der Waals surface area (Å²) in [6.07, 6.45) is 6.67. The first-order valence-corrected chi connectivity index (χ1v) is 4.49. The number of allylic oxidation sites excluding steroid dienone is 1. The van der Waals surface area contributed by atoms with Crippen LogP contribution in [0.5, 0.6) is 0 Å². The summed E-state index contributed by atoms with van der Waals surface area (Å²) in [4.78, 5) is 11.5. The molecular formula is C8H12N4O. The van der Waals surface area contributed by atoms with Crippen LogP contribution < -0.4 is 5.69 Å². The lowest BCUT2D eigenvalue weighted by Crippen LogP contribution is -2.30. The van der Waals surface area contributed by atoms with E-state index in [9.17, 15) is 4.79 Å². The molecular weight excluding hydrogens is 168 g/mol. The molecule has 5 heteroatoms. The second-order valence-electron chi connectivity index (χ2n) is 3.22. The van der Waals surface area contributed by atoms with Crippen molar-refractivity contribution >= 4 is 6.20 Å². The molecule has 2 rings (SSSR count). The van der Waals surface area contributed by atoms with Crippen LogP contribution in [0.4, 0.5) is 0 Å². The van der Waals surface area contributed by atoms with E-state index < -0.39 is 0 Å². The minimum absolute atomic E-state index is 0.136. The van der Waals surface area contributed by atoms with Gasteiger partial charge in [-0.15, -0.1) is 0 Å². The maximum atomic E-state index is 11.5. The quantitative estimate of drug-likeness (QED) is 0.671. The molecule has 1 aromatic rings. The van der Waals surface area contributed by atoms with Gasteiger partial charge in [0.2, 0.25) is 0 Å². The summed E-state index contributed by atoms with van der Waals surface area (Å²) in [5, 5.41) is 7.56. The smallest absolute Gasteiger partial charge is 0.244 e. The molecule has 0 saturated heterocycles. The van der Waals surface area contributed by atoms with Gasteiger partial charge in [0.05, 0.1) is 6.04 Å². The van der Waals surface area contributed by atoms with Crippen LogP contribution in [0.25, 0.3) is 6.20 Å². The van der Waals surface area contributed by atoms with E-state index in [1.165, 1.54) is 15.8 Å². The fraction of sp³-hybridized carbons (Fsp3) is 0.625. The van der Waals surface area contributed by atoms with Crippen LogP contribution in [-0.2, 0) is 0 Å². The lowest BCUT2D eigenvalue weighted by molar-refractivity contribution is 0.278. The molecule has 0 unspecified atom stereocenters. The Morgan fingerprint density at radius 3 is 2.77 bits per heavy atom. The van der Waals surface area contributed by atoms with Gasteiger partial charge in [-0.3, -0.25) is 0 Å². The van der Waals surface area contributed by atoms with E-state index in [0.717, 1.165) is 12.8 Å². The van der Waals surface area contributed by atoms with E-state index in [-0.39, 0.29) is 11.7 Å². The van der Waals surface area contributed by atoms with Crippen molar-refractivity contribution in [2.75, 3.05) is 0 Å². The fourth-order valence-corrected chi connectivity index (χ4v) is 1.36. The molecule has 13 heavy (non-hydrogen) atoms. The minimum atomic E-state index is -0.136. The summed E-state index contributed by atoms with van der Waals surface area (Å²) in [5.74, 6) is 0. The lowest BCUT2D eigenvalue weighted by atomic mass is 9.93. The summed E-state index contributed by atoms with van der Waals surface area (Å²) in [7, 11) is 0. The monoisotopic (exact) mass is 180 g/mol. The Kier molecular flexibility index (Phi) is 2.00. The van der Waals surface area contributed by atoms with Gasteiger partial charge in [-0.1, -0.05) is 6.08 Å². The molecule has 0 spiro atoms. The second kappa shape index (κ2) is 3.16. The Balaban J connectivity index is 2.32. The SMILES string of the molecule is C/C=C\n1nnn(C2CCC2)c1=O. The molecule has 70 valence electrons. The van der Waals surface area contributed by atoms with Crippen molar-refractivity contribution < 1.29 is 0 Å². The summed E-state index contributed by atoms with van der Waals surface area (Å²) in [6.45, 7) is 1.84. The van der Waals surface area contributed by atoms with Gasteiger partial charge >= 0.3 is 5.69 Å². The molecule has 0 atom stereocenters. The van der Waals surface area contributed by atoms with Crippen molar-refractivity contribution in [2.45, 2.75) is 32.2 Å². The predicted molar refractivity (Wildman–Crippen MR) is 48.2 cm³/mol. The van der Waals surface area contributed by atoms with Gasteiger partial charge < -0.3 is 0 Å². The highest BCUT2D eigenvalue weighted by molar-refractivity contribution is 5.16. The first kappa shape index (κ1) is 8.22. The van der Waals surface area contributed by atoms with E-state index in [2.05, 4.69) is 10.4 Å². The average molecular weight is 180 g/mol. The van der Waals surface area contributed by atoms with Crippen LogP contribution in [0, 0.1) is 0 Å². The lowest BCUT2D eigenvalue weighted by Gasteiger charge is -2.23. The van der Waals surface area contributed by atoms with Gasteiger partial charge in [-0.2, -0.15) is 9.36 Å². The third-order valence-corrected chi connectivity index (χ3v) is 2.34. The van der Waals surface area contributed by atoms with Crippen molar-refractivity contribution in [2.24, 2.45) is 0 Å². The number of hydrogen-bond acceptors (Lipinski definition) is 3. The number of nitrogens with zero attached hydrogens (tertiary/aromatic N) is 4. The third kappa shape index (κ3) is 1.30. The Morgan fingerprint density at radius 2 is 2.23 bits per heavy atom. The molecule has 0 aliphatic heterocycles. The van der Waals surface area contributed by atoms with Crippen molar-refractivity contribution in [3.63, 3.8) is 0 Å². The molecule has 1 heterocycles. The highest BCUT2D eigenvalue weighted by Gasteiger charge is 2.23. The third-order valence-electron chi connectivity index (χ3n) is 2.34. The molecule has 5 nitrogen and oxygen atoms in total. The van der Waals surface area contributed by atoms with Crippen molar-refractivity contribution in [3.8, 4) is 0 Å². The number of aromatic nitrogens is 4. The molecule has 1 aliphatic rings. The molecule has 0 aromatic carbocycles. The summed E-state index contributed by atoms with van der Waals surface area (Å²) in [5.41, 5.74) is -0.136. The number of tetrazole rings is 1. The maximum Gasteiger partial charge on any atom is 0.368 e. The van der Waals surface area contributed by atoms with E-state index in [4.69, 9.17) is 0 Å². The van der Waals surface area contributed by atoms with Gasteiger partial charge in [0.1, 0.15) is 0 Å². The normalized spacial score (nSPS) is 17.9. The molecule has 1 aliphatic carbocycles. The van der Waals surface area contributed by atoms with Crippen LogP contribution in [0.2, 0.25) is 0 Å². The maximum absolute atomic E-state index is 11.5. The first-order chi connectivity index (χ1) is 6.33. The van der Waals surface area contributed by atoms with Crippen LogP contribution >= 0.6 is 0 Å². The van der Waals surface area contributed by atoms with E-state index in [1.807, 2.05) is 6.92 Å². The Bertz CT molecular complexity index is 372. The Hall–Kier alpha value is -1.39. The standard InChI is InChI=1S/C8H12N4O/c1-2-6-11-8(13)12(10-9-11)7-4-3-5-7/h2,6-7H,3-5H2,1H3/b6-2-. The average Bonchev–Trinajstić information content (AvgIpc) is 2.34. The van der Waals surface area contributed by atoms with Gasteiger partial charge in [0.15, 0.2) is 0 Å². The Labute approximate surface area is 75.6 Å². The summed E-state index contributed by atoms with van der Waals surface area (Å²) >= 11 is 0. The zero-order chi connectivity index (χ0) is 9.26. The highest BCUT2D eigenvalue weighted by atomic mass is 16.2.